The molecule has 0 saturated carbocycles. The fourth-order valence-electron chi connectivity index (χ4n) is 4.36. The third kappa shape index (κ3) is 5.81. The van der Waals surface area contributed by atoms with Crippen molar-refractivity contribution in [3.05, 3.63) is 88.4 Å². The summed E-state index contributed by atoms with van der Waals surface area (Å²) in [5, 5.41) is 7.59. The number of benzene rings is 2. The third-order valence-corrected chi connectivity index (χ3v) is 7.01. The molecule has 0 bridgehead atoms. The quantitative estimate of drug-likeness (QED) is 0.508. The van der Waals surface area contributed by atoms with Gasteiger partial charge in [0.05, 0.1) is 11.7 Å². The Kier molecular flexibility index (Phi) is 7.92. The maximum atomic E-state index is 14.2. The van der Waals surface area contributed by atoms with Crippen molar-refractivity contribution >= 4 is 28.8 Å². The van der Waals surface area contributed by atoms with Crippen molar-refractivity contribution in [2.75, 3.05) is 31.1 Å². The van der Waals surface area contributed by atoms with Gasteiger partial charge in [-0.3, -0.25) is 14.5 Å². The van der Waals surface area contributed by atoms with Gasteiger partial charge in [0.15, 0.2) is 0 Å². The highest BCUT2D eigenvalue weighted by molar-refractivity contribution is 7.10. The van der Waals surface area contributed by atoms with Crippen molar-refractivity contribution in [2.24, 2.45) is 0 Å². The van der Waals surface area contributed by atoms with E-state index in [1.165, 1.54) is 6.07 Å². The van der Waals surface area contributed by atoms with Crippen LogP contribution in [-0.4, -0.2) is 48.9 Å². The average molecular weight is 481 g/mol. The molecule has 0 spiro atoms. The Morgan fingerprint density at radius 3 is 2.32 bits per heavy atom. The lowest BCUT2D eigenvalue weighted by Gasteiger charge is -2.42. The summed E-state index contributed by atoms with van der Waals surface area (Å²) < 4.78 is 14.2. The monoisotopic (exact) mass is 480 g/mol. The minimum atomic E-state index is -0.648. The first-order chi connectivity index (χ1) is 16.5. The van der Waals surface area contributed by atoms with Gasteiger partial charge in [0.25, 0.3) is 0 Å². The van der Waals surface area contributed by atoms with Crippen LogP contribution in [-0.2, 0) is 16.1 Å². The number of para-hydroxylation sites is 1. The van der Waals surface area contributed by atoms with Crippen molar-refractivity contribution in [1.82, 2.24) is 15.5 Å². The number of piperazine rings is 1. The Bertz CT molecular complexity index is 1090. The Labute approximate surface area is 203 Å². The molecule has 1 aliphatic heterocycles. The second-order valence-corrected chi connectivity index (χ2v) is 9.34. The van der Waals surface area contributed by atoms with E-state index in [-0.39, 0.29) is 17.9 Å². The third-order valence-electron chi connectivity index (χ3n) is 6.07. The van der Waals surface area contributed by atoms with E-state index in [0.717, 1.165) is 23.5 Å². The molecule has 178 valence electrons. The molecule has 2 amide bonds. The van der Waals surface area contributed by atoms with Gasteiger partial charge in [-0.1, -0.05) is 48.5 Å². The lowest BCUT2D eigenvalue weighted by atomic mass is 10.0. The SMILES string of the molecule is C[C@@H](NC(=O)C(=O)NCc1ccccc1)[C@H](c1cccs1)N1CCN(c2ccccc2F)CC1. The molecule has 4 rings (SSSR count). The molecule has 6 nitrogen and oxygen atoms in total. The summed E-state index contributed by atoms with van der Waals surface area (Å²) in [5.74, 6) is -1.51. The Balaban J connectivity index is 1.38. The van der Waals surface area contributed by atoms with Crippen molar-refractivity contribution in [1.29, 1.82) is 0 Å². The number of hydrogen-bond donors (Lipinski definition) is 2. The van der Waals surface area contributed by atoms with Gasteiger partial charge in [0.1, 0.15) is 5.82 Å². The predicted octanol–water partition coefficient (Wildman–Crippen LogP) is 3.57. The smallest absolute Gasteiger partial charge is 0.309 e. The molecule has 34 heavy (non-hydrogen) atoms. The fourth-order valence-corrected chi connectivity index (χ4v) is 5.33. The normalized spacial score (nSPS) is 16.0. The molecule has 0 unspecified atom stereocenters. The van der Waals surface area contributed by atoms with Crippen molar-refractivity contribution in [3.8, 4) is 0 Å². The van der Waals surface area contributed by atoms with Gasteiger partial charge in [-0.25, -0.2) is 4.39 Å². The number of carbonyl (C=O) groups is 2. The summed E-state index contributed by atoms with van der Waals surface area (Å²) in [6.07, 6.45) is 0. The van der Waals surface area contributed by atoms with E-state index in [0.29, 0.717) is 25.3 Å². The molecule has 8 heteroatoms. The maximum absolute atomic E-state index is 14.2. The Hall–Kier alpha value is -3.23. The number of rotatable bonds is 7. The average Bonchev–Trinajstić information content (AvgIpc) is 3.38. The molecule has 1 aliphatic rings. The number of halogens is 1. The van der Waals surface area contributed by atoms with Crippen molar-refractivity contribution in [2.45, 2.75) is 25.6 Å². The predicted molar refractivity (Wildman–Crippen MR) is 133 cm³/mol. The summed E-state index contributed by atoms with van der Waals surface area (Å²) in [6.45, 7) is 5.03. The molecule has 1 fully saturated rings. The molecule has 2 N–H and O–H groups in total. The van der Waals surface area contributed by atoms with Crippen LogP contribution < -0.4 is 15.5 Å². The number of carbonyl (C=O) groups excluding carboxylic acids is 2. The number of nitrogens with one attached hydrogen (secondary N) is 2. The number of anilines is 1. The van der Waals surface area contributed by atoms with Gasteiger partial charge in [-0.15, -0.1) is 11.3 Å². The molecular formula is C26H29FN4O2S. The summed E-state index contributed by atoms with van der Waals surface area (Å²) in [7, 11) is 0. The molecule has 1 saturated heterocycles. The first-order valence-electron chi connectivity index (χ1n) is 11.4. The Morgan fingerprint density at radius 1 is 0.941 bits per heavy atom. The lowest BCUT2D eigenvalue weighted by molar-refractivity contribution is -0.140. The first-order valence-corrected chi connectivity index (χ1v) is 12.3. The van der Waals surface area contributed by atoms with Gasteiger partial charge in [-0.2, -0.15) is 0 Å². The Morgan fingerprint density at radius 2 is 1.65 bits per heavy atom. The molecule has 1 aromatic heterocycles. The fraction of sp³-hybridized carbons (Fsp3) is 0.308. The van der Waals surface area contributed by atoms with E-state index in [1.54, 1.807) is 23.5 Å². The maximum Gasteiger partial charge on any atom is 0.309 e. The van der Waals surface area contributed by atoms with Crippen LogP contribution in [0.15, 0.2) is 72.1 Å². The summed E-state index contributed by atoms with van der Waals surface area (Å²) in [6, 6.07) is 20.0. The first kappa shape index (κ1) is 23.9. The van der Waals surface area contributed by atoms with Crippen LogP contribution in [0.1, 0.15) is 23.4 Å². The number of amides is 2. The van der Waals surface area contributed by atoms with Crippen LogP contribution in [0.3, 0.4) is 0 Å². The topological polar surface area (TPSA) is 64.7 Å². The van der Waals surface area contributed by atoms with E-state index in [4.69, 9.17) is 0 Å². The molecular weight excluding hydrogens is 451 g/mol. The largest absolute Gasteiger partial charge is 0.367 e. The van der Waals surface area contributed by atoms with Gasteiger partial charge >= 0.3 is 11.8 Å². The highest BCUT2D eigenvalue weighted by Crippen LogP contribution is 2.30. The van der Waals surface area contributed by atoms with Crippen molar-refractivity contribution < 1.29 is 14.0 Å². The van der Waals surface area contributed by atoms with Crippen molar-refractivity contribution in [3.63, 3.8) is 0 Å². The van der Waals surface area contributed by atoms with Crippen LogP contribution in [0.25, 0.3) is 0 Å². The number of hydrogen-bond acceptors (Lipinski definition) is 5. The highest BCUT2D eigenvalue weighted by Gasteiger charge is 2.32. The molecule has 3 aromatic rings. The van der Waals surface area contributed by atoms with Gasteiger partial charge < -0.3 is 15.5 Å². The standard InChI is InChI=1S/C26H29FN4O2S/c1-19(29-26(33)25(32)28-18-20-8-3-2-4-9-20)24(23-12-7-17-34-23)31-15-13-30(14-16-31)22-11-6-5-10-21(22)27/h2-12,17,19,24H,13-16,18H2,1H3,(H,28,32)(H,29,33)/t19-,24-/m1/s1. The molecule has 2 atom stereocenters. The number of thiophene rings is 1. The van der Waals surface area contributed by atoms with E-state index in [1.807, 2.05) is 54.8 Å². The van der Waals surface area contributed by atoms with Gasteiger partial charge in [0.2, 0.25) is 0 Å². The number of nitrogens with zero attached hydrogens (tertiary/aromatic N) is 2. The minimum Gasteiger partial charge on any atom is -0.367 e. The van der Waals surface area contributed by atoms with E-state index in [9.17, 15) is 14.0 Å². The van der Waals surface area contributed by atoms with Crippen LogP contribution in [0, 0.1) is 5.82 Å². The summed E-state index contributed by atoms with van der Waals surface area (Å²) in [4.78, 5) is 30.5. The zero-order chi connectivity index (χ0) is 23.9. The molecule has 0 aliphatic carbocycles. The van der Waals surface area contributed by atoms with E-state index < -0.39 is 11.8 Å². The minimum absolute atomic E-state index is 0.0753. The van der Waals surface area contributed by atoms with Crippen LogP contribution in [0.2, 0.25) is 0 Å². The summed E-state index contributed by atoms with van der Waals surface area (Å²) in [5.41, 5.74) is 1.55. The van der Waals surface area contributed by atoms with Crippen LogP contribution >= 0.6 is 11.3 Å². The van der Waals surface area contributed by atoms with Crippen LogP contribution in [0.5, 0.6) is 0 Å². The lowest BCUT2D eigenvalue weighted by Crippen LogP contribution is -2.53. The zero-order valence-electron chi connectivity index (χ0n) is 19.1. The van der Waals surface area contributed by atoms with Crippen LogP contribution in [0.4, 0.5) is 10.1 Å². The zero-order valence-corrected chi connectivity index (χ0v) is 19.9. The van der Waals surface area contributed by atoms with Gasteiger partial charge in [0, 0.05) is 43.6 Å². The molecule has 0 radical (unpaired) electrons. The molecule has 2 heterocycles. The van der Waals surface area contributed by atoms with E-state index >= 15 is 0 Å². The second-order valence-electron chi connectivity index (χ2n) is 8.37. The molecule has 2 aromatic carbocycles. The summed E-state index contributed by atoms with van der Waals surface area (Å²) >= 11 is 1.63. The van der Waals surface area contributed by atoms with E-state index in [2.05, 4.69) is 26.5 Å². The second kappa shape index (κ2) is 11.3. The van der Waals surface area contributed by atoms with Gasteiger partial charge in [-0.05, 0) is 36.1 Å². The highest BCUT2D eigenvalue weighted by atomic mass is 32.1.